The molecule has 0 aliphatic carbocycles. The quantitative estimate of drug-likeness (QED) is 0.123. The minimum absolute atomic E-state index is 0.0441. The Bertz CT molecular complexity index is 1220. The van der Waals surface area contributed by atoms with E-state index in [0.717, 1.165) is 16.2 Å². The Morgan fingerprint density at radius 1 is 1.25 bits per heavy atom. The molecule has 0 saturated carbocycles. The van der Waals surface area contributed by atoms with Gasteiger partial charge in [0.05, 0.1) is 13.2 Å². The van der Waals surface area contributed by atoms with Crippen LogP contribution in [0, 0.1) is 0 Å². The standard InChI is InChI=1S/C16H21N9O9S2/c1-34-20-10(9-7-35-13(17)19-9)11(27)18-8-6-25(12(8)28)15(30)22-36(32,33)21-14(29)24-3-2-23(4-5-26)16(24)31/h7-8,26H,2-6H2,1H3,(H2,17,19)(H,18,27)(H,21,29)(H,22,30)/t8-/m0/s1. The molecule has 2 aliphatic rings. The van der Waals surface area contributed by atoms with Gasteiger partial charge in [0.25, 0.3) is 11.8 Å². The van der Waals surface area contributed by atoms with Gasteiger partial charge in [0, 0.05) is 25.0 Å². The van der Waals surface area contributed by atoms with Crippen LogP contribution in [0.25, 0.3) is 0 Å². The molecule has 18 nitrogen and oxygen atoms in total. The van der Waals surface area contributed by atoms with E-state index in [9.17, 15) is 32.4 Å². The summed E-state index contributed by atoms with van der Waals surface area (Å²) in [6.07, 6.45) is 0. The molecule has 0 aromatic carbocycles. The molecule has 1 aromatic rings. The molecule has 196 valence electrons. The second-order valence-corrected chi connectivity index (χ2v) is 9.44. The van der Waals surface area contributed by atoms with Crippen molar-refractivity contribution < 1.29 is 42.3 Å². The summed E-state index contributed by atoms with van der Waals surface area (Å²) in [5.41, 5.74) is 5.35. The number of carbonyl (C=O) groups excluding carboxylic acids is 5. The number of nitrogens with two attached hydrogens (primary N) is 1. The lowest BCUT2D eigenvalue weighted by atomic mass is 10.1. The van der Waals surface area contributed by atoms with Crippen molar-refractivity contribution >= 4 is 62.3 Å². The molecule has 20 heteroatoms. The molecule has 0 radical (unpaired) electrons. The number of carbonyl (C=O) groups is 5. The van der Waals surface area contributed by atoms with Gasteiger partial charge in [-0.1, -0.05) is 5.16 Å². The average molecular weight is 548 g/mol. The van der Waals surface area contributed by atoms with Gasteiger partial charge in [-0.05, 0) is 0 Å². The number of likely N-dealkylation sites (tertiary alicyclic amines) is 1. The Morgan fingerprint density at radius 2 is 1.92 bits per heavy atom. The number of amides is 8. The van der Waals surface area contributed by atoms with E-state index >= 15 is 0 Å². The summed E-state index contributed by atoms with van der Waals surface area (Å²) in [5.74, 6) is -1.79. The Morgan fingerprint density at radius 3 is 2.47 bits per heavy atom. The number of aliphatic hydroxyl groups excluding tert-OH is 1. The van der Waals surface area contributed by atoms with Crippen molar-refractivity contribution in [2.45, 2.75) is 6.04 Å². The van der Waals surface area contributed by atoms with Crippen LogP contribution < -0.4 is 20.5 Å². The number of nitrogens with zero attached hydrogens (tertiary/aromatic N) is 5. The molecule has 3 heterocycles. The maximum Gasteiger partial charge on any atom is 0.340 e. The van der Waals surface area contributed by atoms with Gasteiger partial charge in [0.2, 0.25) is 0 Å². The van der Waals surface area contributed by atoms with Crippen molar-refractivity contribution in [3.8, 4) is 0 Å². The highest BCUT2D eigenvalue weighted by atomic mass is 32.2. The van der Waals surface area contributed by atoms with E-state index in [2.05, 4.69) is 20.3 Å². The van der Waals surface area contributed by atoms with E-state index in [-0.39, 0.29) is 49.3 Å². The molecule has 36 heavy (non-hydrogen) atoms. The summed E-state index contributed by atoms with van der Waals surface area (Å²) in [7, 11) is -3.62. The second kappa shape index (κ2) is 10.7. The van der Waals surface area contributed by atoms with Gasteiger partial charge >= 0.3 is 28.3 Å². The van der Waals surface area contributed by atoms with Crippen LogP contribution in [-0.2, 0) is 24.6 Å². The molecule has 2 saturated heterocycles. The number of aliphatic hydroxyl groups is 1. The zero-order valence-electron chi connectivity index (χ0n) is 18.5. The fraction of sp³-hybridized carbons (Fsp3) is 0.438. The third-order valence-corrected chi connectivity index (χ3v) is 6.36. The first kappa shape index (κ1) is 26.6. The second-order valence-electron chi connectivity index (χ2n) is 7.13. The SMILES string of the molecule is CON=C(C(=O)N[C@H]1CN(C(=O)NS(=O)(=O)NC(=O)N2CCN(CCO)C2=O)C1=O)c1csc(N)n1. The molecule has 1 atom stereocenters. The first-order valence-electron chi connectivity index (χ1n) is 9.98. The maximum absolute atomic E-state index is 12.5. The number of nitrogens with one attached hydrogen (secondary N) is 3. The number of thiazole rings is 1. The van der Waals surface area contributed by atoms with E-state index in [1.54, 1.807) is 0 Å². The molecule has 3 rings (SSSR count). The number of β-lactam (4-membered cyclic amide) rings is 1. The fourth-order valence-corrected chi connectivity index (χ4v) is 4.38. The summed E-state index contributed by atoms with van der Waals surface area (Å²) in [5, 5.41) is 16.4. The molecule has 0 unspecified atom stereocenters. The number of urea groups is 3. The number of nitrogen functional groups attached to an aromatic ring is 1. The molecule has 0 spiro atoms. The topological polar surface area (TPSA) is 246 Å². The van der Waals surface area contributed by atoms with Crippen molar-refractivity contribution in [2.75, 3.05) is 45.6 Å². The normalized spacial score (nSPS) is 18.1. The number of β-amino-alcohol motifs (C(OH)–C–C–N with tert-alkyl or cyclic N) is 1. The Labute approximate surface area is 207 Å². The van der Waals surface area contributed by atoms with Gasteiger partial charge in [-0.15, -0.1) is 11.3 Å². The zero-order valence-corrected chi connectivity index (χ0v) is 20.2. The Kier molecular flexibility index (Phi) is 7.90. The van der Waals surface area contributed by atoms with Crippen molar-refractivity contribution in [3.05, 3.63) is 11.1 Å². The third kappa shape index (κ3) is 5.78. The van der Waals surface area contributed by atoms with E-state index in [1.165, 1.54) is 21.9 Å². The number of aromatic nitrogens is 1. The lowest BCUT2D eigenvalue weighted by Crippen LogP contribution is -2.68. The number of anilines is 1. The van der Waals surface area contributed by atoms with Gasteiger partial charge in [0.1, 0.15) is 18.8 Å². The lowest BCUT2D eigenvalue weighted by Gasteiger charge is -2.36. The fourth-order valence-electron chi connectivity index (χ4n) is 3.10. The summed E-state index contributed by atoms with van der Waals surface area (Å²) in [4.78, 5) is 71.9. The van der Waals surface area contributed by atoms with Crippen LogP contribution in [0.5, 0.6) is 0 Å². The van der Waals surface area contributed by atoms with Crippen LogP contribution >= 0.6 is 11.3 Å². The minimum atomic E-state index is -4.81. The predicted octanol–water partition coefficient (Wildman–Crippen LogP) is -3.20. The van der Waals surface area contributed by atoms with Gasteiger partial charge < -0.3 is 25.9 Å². The van der Waals surface area contributed by atoms with Crippen molar-refractivity contribution in [1.82, 2.24) is 34.4 Å². The average Bonchev–Trinajstić information content (AvgIpc) is 3.39. The molecule has 2 fully saturated rings. The highest BCUT2D eigenvalue weighted by Crippen LogP contribution is 2.15. The van der Waals surface area contributed by atoms with Crippen LogP contribution in [-0.4, -0.2) is 115 Å². The summed E-state index contributed by atoms with van der Waals surface area (Å²) in [6.45, 7) is -0.832. The summed E-state index contributed by atoms with van der Waals surface area (Å²) in [6, 6.07) is -4.72. The molecule has 6 N–H and O–H groups in total. The number of hydrogen-bond acceptors (Lipinski definition) is 13. The summed E-state index contributed by atoms with van der Waals surface area (Å²) < 4.78 is 27.3. The van der Waals surface area contributed by atoms with Crippen molar-refractivity contribution in [1.29, 1.82) is 0 Å². The molecule has 0 bridgehead atoms. The zero-order chi connectivity index (χ0) is 26.6. The number of hydrogen-bond donors (Lipinski definition) is 5. The van der Waals surface area contributed by atoms with Crippen LogP contribution in [0.3, 0.4) is 0 Å². The molecule has 2 aliphatic heterocycles. The van der Waals surface area contributed by atoms with E-state index in [4.69, 9.17) is 10.8 Å². The van der Waals surface area contributed by atoms with Crippen LogP contribution in [0.2, 0.25) is 0 Å². The first-order chi connectivity index (χ1) is 17.0. The van der Waals surface area contributed by atoms with Crippen molar-refractivity contribution in [3.63, 3.8) is 0 Å². The monoisotopic (exact) mass is 547 g/mol. The Hall–Kier alpha value is -4.04. The number of rotatable bonds is 8. The van der Waals surface area contributed by atoms with E-state index in [1.807, 2.05) is 0 Å². The molecular formula is C16H21N9O9S2. The van der Waals surface area contributed by atoms with E-state index in [0.29, 0.717) is 9.80 Å². The van der Waals surface area contributed by atoms with Gasteiger partial charge in [-0.3, -0.25) is 14.5 Å². The van der Waals surface area contributed by atoms with Crippen LogP contribution in [0.1, 0.15) is 5.69 Å². The lowest BCUT2D eigenvalue weighted by molar-refractivity contribution is -0.141. The number of oxime groups is 1. The van der Waals surface area contributed by atoms with Gasteiger partial charge in [-0.2, -0.15) is 8.42 Å². The predicted molar refractivity (Wildman–Crippen MR) is 120 cm³/mol. The Balaban J connectivity index is 1.53. The smallest absolute Gasteiger partial charge is 0.340 e. The number of imide groups is 2. The van der Waals surface area contributed by atoms with Crippen LogP contribution in [0.15, 0.2) is 10.5 Å². The largest absolute Gasteiger partial charge is 0.398 e. The summed E-state index contributed by atoms with van der Waals surface area (Å²) >= 11 is 1.04. The molecular weight excluding hydrogens is 526 g/mol. The highest BCUT2D eigenvalue weighted by molar-refractivity contribution is 7.88. The molecule has 1 aromatic heterocycles. The minimum Gasteiger partial charge on any atom is -0.398 e. The first-order valence-corrected chi connectivity index (χ1v) is 12.3. The molecule has 8 amide bonds. The van der Waals surface area contributed by atoms with Crippen molar-refractivity contribution in [2.24, 2.45) is 5.16 Å². The van der Waals surface area contributed by atoms with Gasteiger partial charge in [-0.25, -0.2) is 33.7 Å². The highest BCUT2D eigenvalue weighted by Gasteiger charge is 2.44. The van der Waals surface area contributed by atoms with Crippen LogP contribution in [0.4, 0.5) is 19.5 Å². The van der Waals surface area contributed by atoms with E-state index < -0.39 is 46.2 Å². The third-order valence-electron chi connectivity index (χ3n) is 4.80. The maximum atomic E-state index is 12.5. The van der Waals surface area contributed by atoms with Gasteiger partial charge in [0.15, 0.2) is 10.8 Å².